The fraction of sp³-hybridized carbons (Fsp3) is 0.200. The number of aromatic nitrogens is 4. The van der Waals surface area contributed by atoms with Crippen molar-refractivity contribution in [3.05, 3.63) is 74.1 Å². The third-order valence-electron chi connectivity index (χ3n) is 4.79. The Morgan fingerprint density at radius 2 is 2.04 bits per heavy atom. The Balaban J connectivity index is 1.40. The van der Waals surface area contributed by atoms with E-state index in [0.29, 0.717) is 22.9 Å². The molecule has 0 radical (unpaired) electrons. The lowest BCUT2D eigenvalue weighted by atomic mass is 9.86. The Hall–Kier alpha value is -2.03. The highest BCUT2D eigenvalue weighted by molar-refractivity contribution is 9.10. The van der Waals surface area contributed by atoms with Crippen molar-refractivity contribution in [2.24, 2.45) is 0 Å². The van der Waals surface area contributed by atoms with E-state index in [1.807, 2.05) is 18.2 Å². The second kappa shape index (κ2) is 7.42. The van der Waals surface area contributed by atoms with E-state index >= 15 is 0 Å². The van der Waals surface area contributed by atoms with Gasteiger partial charge in [0.15, 0.2) is 5.78 Å². The van der Waals surface area contributed by atoms with E-state index in [0.717, 1.165) is 22.3 Å². The minimum atomic E-state index is 0.133. The zero-order chi connectivity index (χ0) is 19.1. The van der Waals surface area contributed by atoms with Crippen LogP contribution < -0.4 is 0 Å². The summed E-state index contributed by atoms with van der Waals surface area (Å²) in [5, 5.41) is 7.23. The van der Waals surface area contributed by atoms with Gasteiger partial charge in [0.1, 0.15) is 0 Å². The average Bonchev–Trinajstić information content (AvgIpc) is 3.35. The molecule has 0 aliphatic heterocycles. The summed E-state index contributed by atoms with van der Waals surface area (Å²) in [4.78, 5) is 23.1. The van der Waals surface area contributed by atoms with Crippen LogP contribution in [0.25, 0.3) is 5.78 Å². The third kappa shape index (κ3) is 3.52. The van der Waals surface area contributed by atoms with E-state index in [1.165, 1.54) is 10.4 Å². The number of carbonyl (C=O) groups excluding carboxylic acids is 1. The van der Waals surface area contributed by atoms with Crippen molar-refractivity contribution >= 4 is 50.6 Å². The van der Waals surface area contributed by atoms with E-state index in [-0.39, 0.29) is 11.7 Å². The predicted molar refractivity (Wildman–Crippen MR) is 114 cm³/mol. The van der Waals surface area contributed by atoms with Crippen LogP contribution in [-0.2, 0) is 12.2 Å². The number of ketones is 1. The van der Waals surface area contributed by atoms with Gasteiger partial charge in [0, 0.05) is 33.6 Å². The van der Waals surface area contributed by atoms with Crippen LogP contribution in [0.2, 0.25) is 0 Å². The summed E-state index contributed by atoms with van der Waals surface area (Å²) in [5.41, 5.74) is 2.71. The molecular weight excluding hydrogens is 456 g/mol. The second-order valence-electron chi connectivity index (χ2n) is 6.70. The molecule has 1 aliphatic carbocycles. The third-order valence-corrected chi connectivity index (χ3v) is 7.26. The highest BCUT2D eigenvalue weighted by atomic mass is 79.9. The first-order valence-electron chi connectivity index (χ1n) is 8.86. The lowest BCUT2D eigenvalue weighted by Crippen LogP contribution is -2.20. The Labute approximate surface area is 178 Å². The van der Waals surface area contributed by atoms with Crippen LogP contribution in [-0.4, -0.2) is 25.4 Å². The van der Waals surface area contributed by atoms with Gasteiger partial charge in [0.05, 0.1) is 11.3 Å². The van der Waals surface area contributed by atoms with Crippen molar-refractivity contribution in [1.29, 1.82) is 0 Å². The number of halogens is 1. The van der Waals surface area contributed by atoms with Gasteiger partial charge in [-0.15, -0.1) is 16.4 Å². The number of Topliss-reactive ketones (excluding diaryl/α,β-unsaturated/α-hetero) is 1. The minimum Gasteiger partial charge on any atom is -0.294 e. The van der Waals surface area contributed by atoms with Gasteiger partial charge in [-0.1, -0.05) is 45.9 Å². The molecule has 1 aliphatic rings. The molecule has 5 nitrogen and oxygen atoms in total. The Morgan fingerprint density at radius 3 is 2.82 bits per heavy atom. The van der Waals surface area contributed by atoms with E-state index in [1.54, 1.807) is 33.8 Å². The molecule has 140 valence electrons. The summed E-state index contributed by atoms with van der Waals surface area (Å²) in [5.74, 6) is 1.68. The van der Waals surface area contributed by atoms with E-state index in [2.05, 4.69) is 54.6 Å². The molecule has 0 fully saturated rings. The molecule has 0 saturated carbocycles. The lowest BCUT2D eigenvalue weighted by Gasteiger charge is -2.21. The van der Waals surface area contributed by atoms with Crippen LogP contribution in [0.4, 0.5) is 0 Å². The molecule has 5 rings (SSSR count). The molecule has 0 amide bonds. The normalized spacial score (nSPS) is 16.5. The van der Waals surface area contributed by atoms with Gasteiger partial charge in [-0.2, -0.15) is 4.98 Å². The molecule has 0 N–H and O–H groups in total. The van der Waals surface area contributed by atoms with E-state index < -0.39 is 0 Å². The zero-order valence-electron chi connectivity index (χ0n) is 14.7. The summed E-state index contributed by atoms with van der Waals surface area (Å²) in [6.07, 6.45) is 3.09. The van der Waals surface area contributed by atoms with E-state index in [4.69, 9.17) is 0 Å². The summed E-state index contributed by atoms with van der Waals surface area (Å²) >= 11 is 6.71. The van der Waals surface area contributed by atoms with Crippen molar-refractivity contribution in [2.75, 3.05) is 0 Å². The standard InChI is InChI=1S/C20H15BrN4OS2/c21-14-5-3-12(4-6-14)11-28-20-23-19-22-16-8-13(18-2-1-7-27-18)9-17(26)15(16)10-25(19)24-20/h1-7,10,13H,8-9,11H2/t13-/m1/s1. The van der Waals surface area contributed by atoms with Gasteiger partial charge >= 0.3 is 0 Å². The number of benzene rings is 1. The molecule has 0 saturated heterocycles. The monoisotopic (exact) mass is 470 g/mol. The predicted octanol–water partition coefficient (Wildman–Crippen LogP) is 5.15. The highest BCUT2D eigenvalue weighted by Gasteiger charge is 2.29. The lowest BCUT2D eigenvalue weighted by molar-refractivity contribution is 0.0963. The van der Waals surface area contributed by atoms with Crippen LogP contribution in [0.3, 0.4) is 0 Å². The first kappa shape index (κ1) is 18.0. The SMILES string of the molecule is O=C1C[C@H](c2cccs2)Cc2nc3nc(SCc4ccc(Br)cc4)nn3cc21. The fourth-order valence-corrected chi connectivity index (χ4v) is 5.25. The van der Waals surface area contributed by atoms with Crippen molar-refractivity contribution in [2.45, 2.75) is 29.7 Å². The molecular formula is C20H15BrN4OS2. The van der Waals surface area contributed by atoms with Gasteiger partial charge in [-0.3, -0.25) is 4.79 Å². The summed E-state index contributed by atoms with van der Waals surface area (Å²) in [7, 11) is 0. The van der Waals surface area contributed by atoms with Crippen LogP contribution in [0, 0.1) is 0 Å². The van der Waals surface area contributed by atoms with Crippen LogP contribution >= 0.6 is 39.0 Å². The molecule has 1 atom stereocenters. The first-order valence-corrected chi connectivity index (χ1v) is 11.5. The fourth-order valence-electron chi connectivity index (χ4n) is 3.38. The number of hydrogen-bond acceptors (Lipinski definition) is 6. The molecule has 1 aromatic carbocycles. The second-order valence-corrected chi connectivity index (χ2v) is 9.54. The van der Waals surface area contributed by atoms with Crippen LogP contribution in [0.1, 0.15) is 38.8 Å². The number of carbonyl (C=O) groups is 1. The van der Waals surface area contributed by atoms with Gasteiger partial charge in [0.2, 0.25) is 5.16 Å². The Kier molecular flexibility index (Phi) is 4.78. The maximum Gasteiger partial charge on any atom is 0.253 e. The highest BCUT2D eigenvalue weighted by Crippen LogP contribution is 2.34. The van der Waals surface area contributed by atoms with Crippen molar-refractivity contribution in [3.63, 3.8) is 0 Å². The van der Waals surface area contributed by atoms with Gasteiger partial charge in [-0.25, -0.2) is 9.50 Å². The molecule has 4 aromatic rings. The van der Waals surface area contributed by atoms with Gasteiger partial charge in [0.25, 0.3) is 5.78 Å². The number of thioether (sulfide) groups is 1. The molecule has 3 heterocycles. The minimum absolute atomic E-state index is 0.133. The Bertz CT molecular complexity index is 1160. The van der Waals surface area contributed by atoms with Crippen LogP contribution in [0.5, 0.6) is 0 Å². The van der Waals surface area contributed by atoms with E-state index in [9.17, 15) is 4.79 Å². The summed E-state index contributed by atoms with van der Waals surface area (Å²) in [6, 6.07) is 12.3. The average molecular weight is 471 g/mol. The molecule has 0 bridgehead atoms. The van der Waals surface area contributed by atoms with Crippen molar-refractivity contribution in [3.8, 4) is 0 Å². The number of rotatable bonds is 4. The van der Waals surface area contributed by atoms with Crippen LogP contribution in [0.15, 0.2) is 57.6 Å². The first-order chi connectivity index (χ1) is 13.7. The Morgan fingerprint density at radius 1 is 1.18 bits per heavy atom. The number of hydrogen-bond donors (Lipinski definition) is 0. The molecule has 28 heavy (non-hydrogen) atoms. The van der Waals surface area contributed by atoms with Gasteiger partial charge < -0.3 is 0 Å². The van der Waals surface area contributed by atoms with Crippen molar-refractivity contribution < 1.29 is 4.79 Å². The van der Waals surface area contributed by atoms with Crippen molar-refractivity contribution in [1.82, 2.24) is 19.6 Å². The quantitative estimate of drug-likeness (QED) is 0.385. The smallest absolute Gasteiger partial charge is 0.253 e. The molecule has 3 aromatic heterocycles. The summed E-state index contributed by atoms with van der Waals surface area (Å²) < 4.78 is 2.69. The maximum atomic E-state index is 12.7. The number of nitrogens with zero attached hydrogens (tertiary/aromatic N) is 4. The van der Waals surface area contributed by atoms with Gasteiger partial charge in [-0.05, 0) is 35.6 Å². The summed E-state index contributed by atoms with van der Waals surface area (Å²) in [6.45, 7) is 0. The molecule has 0 unspecified atom stereocenters. The number of thiophene rings is 1. The molecule has 0 spiro atoms. The molecule has 8 heteroatoms. The number of fused-ring (bicyclic) bond motifs is 2. The topological polar surface area (TPSA) is 60.2 Å². The maximum absolute atomic E-state index is 12.7. The largest absolute Gasteiger partial charge is 0.294 e. The zero-order valence-corrected chi connectivity index (χ0v) is 17.9.